The first-order valence-corrected chi connectivity index (χ1v) is 43.2. The van der Waals surface area contributed by atoms with Crippen molar-refractivity contribution in [1.82, 2.24) is 0 Å². The van der Waals surface area contributed by atoms with Crippen molar-refractivity contribution in [3.05, 3.63) is 109 Å². The summed E-state index contributed by atoms with van der Waals surface area (Å²) < 4.78 is 61.0. The maximum absolute atomic E-state index is 12.9. The summed E-state index contributed by atoms with van der Waals surface area (Å²) >= 11 is 0. The molecule has 0 aromatic heterocycles. The lowest BCUT2D eigenvalue weighted by atomic mass is 10.0. The topological polar surface area (TPSA) is 231 Å². The molecule has 0 saturated carbocycles. The minimum atomic E-state index is -4.92. The van der Waals surface area contributed by atoms with Crippen molar-refractivity contribution >= 4 is 33.6 Å². The van der Waals surface area contributed by atoms with E-state index in [0.29, 0.717) is 19.3 Å². The van der Waals surface area contributed by atoms with Crippen molar-refractivity contribution in [2.75, 3.05) is 39.6 Å². The Kier molecular flexibility index (Phi) is 73.0. The smallest absolute Gasteiger partial charge is 0.463 e. The number of allylic oxidation sites excluding steroid dienone is 18. The molecule has 0 aromatic rings. The zero-order valence-electron chi connectivity index (χ0n) is 63.8. The molecule has 584 valence electrons. The van der Waals surface area contributed by atoms with Crippen LogP contribution in [0.5, 0.6) is 0 Å². The van der Waals surface area contributed by atoms with Gasteiger partial charge in [-0.25, -0.2) is 9.13 Å². The predicted molar refractivity (Wildman–Crippen MR) is 417 cm³/mol. The Morgan fingerprint density at radius 2 is 0.525 bits per heavy atom. The molecular weight excluding hydrogens is 1310 g/mol. The van der Waals surface area contributed by atoms with Gasteiger partial charge < -0.3 is 34.2 Å². The highest BCUT2D eigenvalue weighted by molar-refractivity contribution is 7.47. The van der Waals surface area contributed by atoms with Crippen LogP contribution in [0.15, 0.2) is 109 Å². The average Bonchev–Trinajstić information content (AvgIpc) is 0.974. The van der Waals surface area contributed by atoms with E-state index in [1.807, 2.05) is 0 Å². The Morgan fingerprint density at radius 3 is 0.832 bits per heavy atom. The van der Waals surface area contributed by atoms with Crippen LogP contribution >= 0.6 is 15.6 Å². The van der Waals surface area contributed by atoms with Gasteiger partial charge in [0.05, 0.1) is 26.4 Å². The van der Waals surface area contributed by atoms with E-state index in [1.165, 1.54) is 141 Å². The SMILES string of the molecule is CC/C=C\C/C=C\C/C=C\C/C=C\C/C=C\CCCCCCCCCCCCCCCCCCCCCC(=O)OCC(O)COP(=O)(O)OCC(O)COP(=O)(O)OCC(COC(=O)CCCCCCCC/C=C\C/C=C\C/C=C\C/C=C\CC)OC(=O)CCCCCCCCCCCCC. The van der Waals surface area contributed by atoms with E-state index >= 15 is 0 Å². The minimum absolute atomic E-state index is 0.104. The summed E-state index contributed by atoms with van der Waals surface area (Å²) in [5.74, 6) is -1.58. The molecule has 0 aliphatic rings. The Morgan fingerprint density at radius 1 is 0.287 bits per heavy atom. The fourth-order valence-electron chi connectivity index (χ4n) is 10.9. The summed E-state index contributed by atoms with van der Waals surface area (Å²) in [5, 5.41) is 20.6. The second-order valence-corrected chi connectivity index (χ2v) is 29.7. The Bertz CT molecular complexity index is 2270. The van der Waals surface area contributed by atoms with Crippen LogP contribution in [0.25, 0.3) is 0 Å². The molecule has 5 unspecified atom stereocenters. The number of aliphatic hydroxyl groups is 2. The second kappa shape index (κ2) is 75.9. The number of hydrogen-bond acceptors (Lipinski definition) is 14. The normalized spacial score (nSPS) is 14.6. The number of carbonyl (C=O) groups is 3. The molecule has 16 nitrogen and oxygen atoms in total. The number of esters is 3. The fraction of sp³-hybridized carbons (Fsp3) is 0.747. The fourth-order valence-corrected chi connectivity index (χ4v) is 12.5. The van der Waals surface area contributed by atoms with Gasteiger partial charge in [0.1, 0.15) is 25.4 Å². The van der Waals surface area contributed by atoms with E-state index in [4.69, 9.17) is 32.3 Å². The van der Waals surface area contributed by atoms with Gasteiger partial charge >= 0.3 is 33.6 Å². The molecule has 0 spiro atoms. The number of carbonyl (C=O) groups excluding carboxylic acids is 3. The first-order chi connectivity index (χ1) is 49.2. The van der Waals surface area contributed by atoms with E-state index in [2.05, 4.69) is 130 Å². The lowest BCUT2D eigenvalue weighted by Gasteiger charge is -2.21. The summed E-state index contributed by atoms with van der Waals surface area (Å²) in [5.41, 5.74) is 0. The molecule has 0 bridgehead atoms. The lowest BCUT2D eigenvalue weighted by Crippen LogP contribution is -2.30. The first-order valence-electron chi connectivity index (χ1n) is 40.2. The standard InChI is InChI=1S/C83H146O16P2/c1-4-7-10-13-16-19-22-24-26-28-30-31-32-33-34-35-36-37-38-39-40-41-42-43-44-45-47-49-50-52-55-57-60-63-66-69-81(86)93-72-78(84)73-95-100(89,90)96-74-79(85)75-97-101(91,92)98-77-80(99-83(88)71-68-65-62-59-54-21-18-15-12-9-6-3)76-94-82(87)70-67-64-61-58-56-53-51-48-46-29-27-25-23-20-17-14-11-8-5-2/h7-8,10-11,16-17,19-20,24-27,30-31,33-34,46,48,78-80,84-85H,4-6,9,12-15,18,21-23,28-29,32,35-45,47,49-77H2,1-3H3,(H,89,90)(H,91,92)/b10-7-,11-8-,19-16-,20-17-,26-24-,27-25-,31-30-,34-33-,48-46-. The van der Waals surface area contributed by atoms with E-state index in [0.717, 1.165) is 141 Å². The molecular formula is C83H146O16P2. The lowest BCUT2D eigenvalue weighted by molar-refractivity contribution is -0.161. The molecule has 0 fully saturated rings. The average molecular weight is 1460 g/mol. The summed E-state index contributed by atoms with van der Waals surface area (Å²) in [6, 6.07) is 0. The van der Waals surface area contributed by atoms with Gasteiger partial charge in [0.25, 0.3) is 0 Å². The highest BCUT2D eigenvalue weighted by Crippen LogP contribution is 2.45. The molecule has 5 atom stereocenters. The van der Waals surface area contributed by atoms with E-state index in [9.17, 15) is 43.5 Å². The van der Waals surface area contributed by atoms with Crippen molar-refractivity contribution in [1.29, 1.82) is 0 Å². The second-order valence-electron chi connectivity index (χ2n) is 26.8. The van der Waals surface area contributed by atoms with Crippen LogP contribution in [-0.4, -0.2) is 95.9 Å². The molecule has 0 radical (unpaired) electrons. The monoisotopic (exact) mass is 1460 g/mol. The van der Waals surface area contributed by atoms with E-state index in [-0.39, 0.29) is 19.3 Å². The third kappa shape index (κ3) is 77.1. The summed E-state index contributed by atoms with van der Waals surface area (Å²) in [6.07, 6.45) is 88.9. The summed E-state index contributed by atoms with van der Waals surface area (Å²) in [7, 11) is -9.78. The van der Waals surface area contributed by atoms with Crippen LogP contribution in [0.3, 0.4) is 0 Å². The molecule has 4 N–H and O–H groups in total. The highest BCUT2D eigenvalue weighted by atomic mass is 31.2. The van der Waals surface area contributed by atoms with Crippen LogP contribution < -0.4 is 0 Å². The molecule has 0 aliphatic carbocycles. The molecule has 0 amide bonds. The summed E-state index contributed by atoms with van der Waals surface area (Å²) in [4.78, 5) is 58.5. The minimum Gasteiger partial charge on any atom is -0.463 e. The van der Waals surface area contributed by atoms with Gasteiger partial charge in [0, 0.05) is 19.3 Å². The number of unbranched alkanes of at least 4 members (excludes halogenated alkanes) is 35. The zero-order valence-corrected chi connectivity index (χ0v) is 65.6. The Balaban J connectivity index is 4.31. The largest absolute Gasteiger partial charge is 0.472 e. The number of ether oxygens (including phenoxy) is 3. The van der Waals surface area contributed by atoms with Gasteiger partial charge in [-0.05, 0) is 103 Å². The van der Waals surface area contributed by atoms with Gasteiger partial charge in [-0.15, -0.1) is 0 Å². The van der Waals surface area contributed by atoms with Crippen molar-refractivity contribution in [2.24, 2.45) is 0 Å². The van der Waals surface area contributed by atoms with Crippen molar-refractivity contribution in [3.63, 3.8) is 0 Å². The van der Waals surface area contributed by atoms with Crippen molar-refractivity contribution in [2.45, 2.75) is 360 Å². The van der Waals surface area contributed by atoms with Crippen LogP contribution in [0.4, 0.5) is 0 Å². The number of rotatable bonds is 76. The zero-order chi connectivity index (χ0) is 73.7. The molecule has 0 rings (SSSR count). The molecule has 0 heterocycles. The van der Waals surface area contributed by atoms with Gasteiger partial charge in [0.15, 0.2) is 6.10 Å². The summed E-state index contributed by atoms with van der Waals surface area (Å²) in [6.45, 7) is 2.46. The Hall–Kier alpha value is -3.79. The van der Waals surface area contributed by atoms with Crippen LogP contribution in [-0.2, 0) is 55.8 Å². The van der Waals surface area contributed by atoms with Crippen molar-refractivity contribution in [3.8, 4) is 0 Å². The third-order valence-electron chi connectivity index (χ3n) is 17.0. The highest BCUT2D eigenvalue weighted by Gasteiger charge is 2.29. The van der Waals surface area contributed by atoms with Crippen molar-refractivity contribution < 1.29 is 75.8 Å². The van der Waals surface area contributed by atoms with Crippen LogP contribution in [0.1, 0.15) is 342 Å². The maximum atomic E-state index is 12.9. The maximum Gasteiger partial charge on any atom is 0.472 e. The number of hydrogen-bond donors (Lipinski definition) is 4. The Labute approximate surface area is 615 Å². The van der Waals surface area contributed by atoms with Gasteiger partial charge in [-0.3, -0.25) is 32.5 Å². The predicted octanol–water partition coefficient (Wildman–Crippen LogP) is 23.5. The number of phosphoric ester groups is 2. The van der Waals surface area contributed by atoms with Crippen LogP contribution in [0.2, 0.25) is 0 Å². The van der Waals surface area contributed by atoms with E-state index in [1.54, 1.807) is 0 Å². The number of aliphatic hydroxyl groups excluding tert-OH is 2. The quantitative estimate of drug-likeness (QED) is 0.0146. The molecule has 101 heavy (non-hydrogen) atoms. The number of phosphoric acid groups is 2. The van der Waals surface area contributed by atoms with Gasteiger partial charge in [-0.1, -0.05) is 329 Å². The van der Waals surface area contributed by atoms with E-state index < -0.39 is 91.5 Å². The van der Waals surface area contributed by atoms with Gasteiger partial charge in [-0.2, -0.15) is 0 Å². The van der Waals surface area contributed by atoms with Crippen LogP contribution in [0, 0.1) is 0 Å². The molecule has 0 aliphatic heterocycles. The van der Waals surface area contributed by atoms with Gasteiger partial charge in [0.2, 0.25) is 0 Å². The third-order valence-corrected chi connectivity index (χ3v) is 18.9. The molecule has 0 saturated heterocycles. The molecule has 0 aromatic carbocycles. The molecule has 18 heteroatoms. The first kappa shape index (κ1) is 97.2.